The Bertz CT molecular complexity index is 1520. The molecule has 0 radical (unpaired) electrons. The van der Waals surface area contributed by atoms with Crippen molar-refractivity contribution in [1.82, 2.24) is 9.97 Å². The van der Waals surface area contributed by atoms with Crippen LogP contribution in [0.3, 0.4) is 0 Å². The van der Waals surface area contributed by atoms with Crippen molar-refractivity contribution in [2.24, 2.45) is 0 Å². The van der Waals surface area contributed by atoms with Crippen molar-refractivity contribution in [3.05, 3.63) is 76.6 Å². The third kappa shape index (κ3) is 13.2. The Kier molecular flexibility index (Phi) is 15.0. The molecule has 3 aromatic rings. The van der Waals surface area contributed by atoms with Crippen LogP contribution in [0, 0.1) is 0 Å². The molecule has 49 heavy (non-hydrogen) atoms. The third-order valence-corrected chi connectivity index (χ3v) is 6.46. The Morgan fingerprint density at radius 1 is 0.837 bits per heavy atom. The number of halogens is 9. The molecular formula is C30H28F9N4NaO5. The SMILES string of the molecule is CCOC(=O)CCNc1ccc(C(F)(F)F)cc1CN(Cc1cc(C(F)(F)F)cc(C(F)(F)F)c1)c1ncc(OCCCC(=O)[O-])cn1.[Na+]. The summed E-state index contributed by atoms with van der Waals surface area (Å²) in [4.78, 5) is 31.5. The van der Waals surface area contributed by atoms with Gasteiger partial charge in [0.1, 0.15) is 0 Å². The number of carbonyl (C=O) groups is 2. The zero-order valence-electron chi connectivity index (χ0n) is 26.1. The number of benzene rings is 2. The van der Waals surface area contributed by atoms with Crippen LogP contribution in [0.2, 0.25) is 0 Å². The van der Waals surface area contributed by atoms with Crippen LogP contribution in [-0.4, -0.2) is 41.7 Å². The first-order valence-corrected chi connectivity index (χ1v) is 14.1. The molecule has 0 aliphatic heterocycles. The average Bonchev–Trinajstić information content (AvgIpc) is 2.98. The second-order valence-corrected chi connectivity index (χ2v) is 10.2. The Morgan fingerprint density at radius 3 is 1.96 bits per heavy atom. The van der Waals surface area contributed by atoms with Crippen LogP contribution in [0.5, 0.6) is 5.75 Å². The van der Waals surface area contributed by atoms with Gasteiger partial charge in [0, 0.05) is 31.3 Å². The normalized spacial score (nSPS) is 11.8. The average molecular weight is 719 g/mol. The Morgan fingerprint density at radius 2 is 1.43 bits per heavy atom. The summed E-state index contributed by atoms with van der Waals surface area (Å²) in [6.45, 7) is 0.213. The number of nitrogens with zero attached hydrogens (tertiary/aromatic N) is 3. The number of anilines is 2. The first-order chi connectivity index (χ1) is 22.4. The van der Waals surface area contributed by atoms with Crippen molar-refractivity contribution in [2.45, 2.75) is 57.8 Å². The van der Waals surface area contributed by atoms with Crippen molar-refractivity contribution < 1.29 is 93.2 Å². The van der Waals surface area contributed by atoms with E-state index in [-0.39, 0.29) is 97.6 Å². The van der Waals surface area contributed by atoms with Crippen molar-refractivity contribution >= 4 is 23.6 Å². The Hall–Kier alpha value is -3.77. The number of carbonyl (C=O) groups excluding carboxylic acids is 2. The molecule has 1 aromatic heterocycles. The number of aliphatic carboxylic acids is 1. The van der Waals surface area contributed by atoms with Crippen molar-refractivity contribution in [3.8, 4) is 5.75 Å². The third-order valence-electron chi connectivity index (χ3n) is 6.46. The van der Waals surface area contributed by atoms with Crippen LogP contribution >= 0.6 is 0 Å². The number of hydrogen-bond acceptors (Lipinski definition) is 9. The summed E-state index contributed by atoms with van der Waals surface area (Å²) in [5.41, 5.74) is -4.85. The number of carboxylic acids is 1. The fourth-order valence-electron chi connectivity index (χ4n) is 4.29. The summed E-state index contributed by atoms with van der Waals surface area (Å²) in [6.07, 6.45) is -13.4. The van der Waals surface area contributed by atoms with Crippen LogP contribution in [0.25, 0.3) is 0 Å². The minimum atomic E-state index is -5.16. The van der Waals surface area contributed by atoms with Crippen LogP contribution in [0.15, 0.2) is 48.8 Å². The van der Waals surface area contributed by atoms with Crippen molar-refractivity contribution in [3.63, 3.8) is 0 Å². The Balaban J connectivity index is 0.00000833. The Labute approximate surface area is 296 Å². The molecule has 2 aromatic carbocycles. The molecule has 0 saturated heterocycles. The molecule has 0 unspecified atom stereocenters. The van der Waals surface area contributed by atoms with Crippen LogP contribution in [-0.2, 0) is 45.9 Å². The topological polar surface area (TPSA) is 117 Å². The molecule has 0 aliphatic carbocycles. The number of hydrogen-bond donors (Lipinski definition) is 1. The van der Waals surface area contributed by atoms with Crippen molar-refractivity contribution in [2.75, 3.05) is 30.0 Å². The molecule has 0 aliphatic rings. The van der Waals surface area contributed by atoms with E-state index in [0.717, 1.165) is 35.5 Å². The van der Waals surface area contributed by atoms with E-state index in [1.807, 2.05) is 0 Å². The van der Waals surface area contributed by atoms with E-state index in [9.17, 15) is 54.2 Å². The van der Waals surface area contributed by atoms with Gasteiger partial charge in [0.05, 0.1) is 48.7 Å². The summed E-state index contributed by atoms with van der Waals surface area (Å²) < 4.78 is 133. The number of nitrogens with one attached hydrogen (secondary N) is 1. The van der Waals surface area contributed by atoms with Gasteiger partial charge in [0.2, 0.25) is 5.95 Å². The summed E-state index contributed by atoms with van der Waals surface area (Å²) >= 11 is 0. The number of alkyl halides is 9. The van der Waals surface area contributed by atoms with Crippen LogP contribution in [0.1, 0.15) is 54.0 Å². The predicted molar refractivity (Wildman–Crippen MR) is 149 cm³/mol. The molecule has 9 nitrogen and oxygen atoms in total. The van der Waals surface area contributed by atoms with Gasteiger partial charge in [-0.15, -0.1) is 0 Å². The minimum absolute atomic E-state index is 0. The summed E-state index contributed by atoms with van der Waals surface area (Å²) in [5.74, 6) is -2.19. The summed E-state index contributed by atoms with van der Waals surface area (Å²) in [7, 11) is 0. The fraction of sp³-hybridized carbons (Fsp3) is 0.400. The van der Waals surface area contributed by atoms with E-state index in [4.69, 9.17) is 9.47 Å². The van der Waals surface area contributed by atoms with Gasteiger partial charge in [0.15, 0.2) is 5.75 Å². The van der Waals surface area contributed by atoms with E-state index in [2.05, 4.69) is 15.3 Å². The quantitative estimate of drug-likeness (QED) is 0.110. The molecule has 1 heterocycles. The van der Waals surface area contributed by atoms with Gasteiger partial charge in [-0.05, 0) is 67.3 Å². The van der Waals surface area contributed by atoms with E-state index < -0.39 is 65.8 Å². The van der Waals surface area contributed by atoms with E-state index in [1.165, 1.54) is 0 Å². The maximum atomic E-state index is 13.7. The molecule has 0 fully saturated rings. The van der Waals surface area contributed by atoms with E-state index in [1.54, 1.807) is 6.92 Å². The van der Waals surface area contributed by atoms with Crippen LogP contribution < -0.4 is 49.6 Å². The van der Waals surface area contributed by atoms with Gasteiger partial charge < -0.3 is 29.6 Å². The number of rotatable bonds is 15. The van der Waals surface area contributed by atoms with Gasteiger partial charge in [-0.3, -0.25) is 4.79 Å². The van der Waals surface area contributed by atoms with Gasteiger partial charge in [-0.2, -0.15) is 39.5 Å². The van der Waals surface area contributed by atoms with Gasteiger partial charge in [-0.1, -0.05) is 0 Å². The summed E-state index contributed by atoms with van der Waals surface area (Å²) in [5, 5.41) is 13.4. The fourth-order valence-corrected chi connectivity index (χ4v) is 4.29. The second kappa shape index (κ2) is 17.8. The largest absolute Gasteiger partial charge is 1.00 e. The first kappa shape index (κ1) is 41.4. The zero-order valence-corrected chi connectivity index (χ0v) is 28.1. The molecule has 0 atom stereocenters. The smallest absolute Gasteiger partial charge is 0.550 e. The van der Waals surface area contributed by atoms with E-state index in [0.29, 0.717) is 12.1 Å². The molecule has 3 rings (SSSR count). The molecule has 19 heteroatoms. The van der Waals surface area contributed by atoms with Gasteiger partial charge >= 0.3 is 54.1 Å². The standard InChI is InChI=1S/C30H29F9N4O5.Na/c1-2-47-26(46)7-8-40-24-6-5-20(28(31,32)33)12-19(24)17-43(27-41-14-23(15-42-27)48-9-3-4-25(44)45)16-18-10-21(29(34,35)36)13-22(11-18)30(37,38)39;/h5-6,10-15,40H,2-4,7-9,16-17H2,1H3,(H,44,45);/q;+1/p-1. The zero-order chi connectivity index (χ0) is 35.7. The number of ether oxygens (including phenoxy) is 2. The second-order valence-electron chi connectivity index (χ2n) is 10.2. The molecule has 262 valence electrons. The maximum absolute atomic E-state index is 13.7. The molecule has 0 bridgehead atoms. The maximum Gasteiger partial charge on any atom is 1.00 e. The monoisotopic (exact) mass is 718 g/mol. The van der Waals surface area contributed by atoms with Gasteiger partial charge in [0.25, 0.3) is 0 Å². The predicted octanol–water partition coefficient (Wildman–Crippen LogP) is 3.02. The number of aromatic nitrogens is 2. The summed E-state index contributed by atoms with van der Waals surface area (Å²) in [6, 6.07) is 3.45. The number of carboxylic acid groups (broad SMARTS) is 1. The van der Waals surface area contributed by atoms with Crippen LogP contribution in [0.4, 0.5) is 51.1 Å². The van der Waals surface area contributed by atoms with Crippen molar-refractivity contribution in [1.29, 1.82) is 0 Å². The molecule has 1 N–H and O–H groups in total. The van der Waals surface area contributed by atoms with E-state index >= 15 is 0 Å². The van der Waals surface area contributed by atoms with Gasteiger partial charge in [-0.25, -0.2) is 9.97 Å². The molecule has 0 saturated carbocycles. The molecule has 0 amide bonds. The molecule has 0 spiro atoms. The minimum Gasteiger partial charge on any atom is -0.550 e. The molecular weight excluding hydrogens is 690 g/mol. The first-order valence-electron chi connectivity index (χ1n) is 14.1. The number of esters is 1.